The molecule has 0 N–H and O–H groups in total. The van der Waals surface area contributed by atoms with E-state index in [1.165, 1.54) is 11.3 Å². The largest absolute Gasteiger partial charge is 0.497 e. The van der Waals surface area contributed by atoms with Crippen LogP contribution in [0.4, 0.5) is 5.69 Å². The van der Waals surface area contributed by atoms with E-state index in [1.54, 1.807) is 7.11 Å². The highest BCUT2D eigenvalue weighted by atomic mass is 28.3. The van der Waals surface area contributed by atoms with E-state index in [1.807, 2.05) is 12.1 Å². The van der Waals surface area contributed by atoms with Crippen LogP contribution in [-0.2, 0) is 0 Å². The summed E-state index contributed by atoms with van der Waals surface area (Å²) in [5.74, 6) is 4.42. The van der Waals surface area contributed by atoms with E-state index >= 15 is 0 Å². The molecule has 118 valence electrons. The maximum Gasteiger partial charge on any atom is 0.129 e. The molecule has 2 aromatic rings. The van der Waals surface area contributed by atoms with Gasteiger partial charge in [0.2, 0.25) is 0 Å². The van der Waals surface area contributed by atoms with Gasteiger partial charge in [0.25, 0.3) is 0 Å². The van der Waals surface area contributed by atoms with Gasteiger partial charge in [-0.25, -0.2) is 0 Å². The van der Waals surface area contributed by atoms with Crippen LogP contribution >= 0.6 is 0 Å². The van der Waals surface area contributed by atoms with Crippen LogP contribution in [-0.4, -0.2) is 21.2 Å². The van der Waals surface area contributed by atoms with Gasteiger partial charge in [-0.05, 0) is 29.8 Å². The fourth-order valence-electron chi connectivity index (χ4n) is 2.74. The third kappa shape index (κ3) is 3.60. The van der Waals surface area contributed by atoms with Gasteiger partial charge in [0.15, 0.2) is 0 Å². The van der Waals surface area contributed by atoms with Gasteiger partial charge < -0.3 is 9.64 Å². The number of hydrogen-bond donors (Lipinski definition) is 0. The Morgan fingerprint density at radius 1 is 0.957 bits per heavy atom. The first-order valence-electron chi connectivity index (χ1n) is 8.00. The number of methoxy groups -OCH3 is 1. The van der Waals surface area contributed by atoms with E-state index in [-0.39, 0.29) is 6.04 Å². The van der Waals surface area contributed by atoms with Crippen molar-refractivity contribution in [2.75, 3.05) is 12.0 Å². The molecule has 3 rings (SSSR count). The summed E-state index contributed by atoms with van der Waals surface area (Å²) in [7, 11) is 0.335. The maximum atomic E-state index is 5.26. The first-order valence-corrected chi connectivity index (χ1v) is 11.5. The van der Waals surface area contributed by atoms with E-state index < -0.39 is 8.07 Å². The average Bonchev–Trinajstić information content (AvgIpc) is 3.27. The lowest BCUT2D eigenvalue weighted by Gasteiger charge is -2.06. The summed E-state index contributed by atoms with van der Waals surface area (Å²) in [4.78, 5) is 2.40. The first-order chi connectivity index (χ1) is 11.0. The summed E-state index contributed by atoms with van der Waals surface area (Å²) < 4.78 is 5.26. The van der Waals surface area contributed by atoms with Crippen molar-refractivity contribution < 1.29 is 4.74 Å². The lowest BCUT2D eigenvalue weighted by molar-refractivity contribution is 0.414. The molecule has 1 aliphatic heterocycles. The molecule has 0 amide bonds. The zero-order chi connectivity index (χ0) is 16.4. The van der Waals surface area contributed by atoms with Crippen molar-refractivity contribution >= 4 is 13.8 Å². The van der Waals surface area contributed by atoms with Crippen LogP contribution in [0.15, 0.2) is 54.6 Å². The summed E-state index contributed by atoms with van der Waals surface area (Å²) >= 11 is 0. The predicted octanol–water partition coefficient (Wildman–Crippen LogP) is 4.51. The average molecular weight is 321 g/mol. The minimum absolute atomic E-state index is 0.275. The van der Waals surface area contributed by atoms with E-state index in [0.717, 1.165) is 5.75 Å². The molecule has 2 atom stereocenters. The highest BCUT2D eigenvalue weighted by Crippen LogP contribution is 2.46. The molecule has 0 aliphatic carbocycles. The van der Waals surface area contributed by atoms with Gasteiger partial charge in [-0.2, -0.15) is 0 Å². The van der Waals surface area contributed by atoms with Crippen molar-refractivity contribution in [1.82, 2.24) is 0 Å². The Bertz CT molecular complexity index is 722. The van der Waals surface area contributed by atoms with Crippen LogP contribution < -0.4 is 9.64 Å². The summed E-state index contributed by atoms with van der Waals surface area (Å²) in [6.07, 6.45) is 0. The quantitative estimate of drug-likeness (QED) is 0.468. The molecule has 1 aliphatic rings. The third-order valence-corrected chi connectivity index (χ3v) is 4.81. The van der Waals surface area contributed by atoms with Crippen LogP contribution in [0.25, 0.3) is 0 Å². The standard InChI is InChI=1S/C20H23NOSi/c1-22-18-12-10-16(11-13-18)20-19(14-15-23(2,3)4)21(20)17-8-6-5-7-9-17/h5-13,19-20H,1-4H3/t19-,20+,21?/m0/s1. The van der Waals surface area contributed by atoms with Gasteiger partial charge in [0.1, 0.15) is 19.9 Å². The lowest BCUT2D eigenvalue weighted by Crippen LogP contribution is -2.17. The predicted molar refractivity (Wildman–Crippen MR) is 99.6 cm³/mol. The third-order valence-electron chi connectivity index (χ3n) is 3.92. The molecule has 0 unspecified atom stereocenters. The van der Waals surface area contributed by atoms with Crippen molar-refractivity contribution in [2.45, 2.75) is 31.7 Å². The van der Waals surface area contributed by atoms with Crippen LogP contribution in [0, 0.1) is 11.5 Å². The smallest absolute Gasteiger partial charge is 0.129 e. The normalized spacial score (nSPS) is 19.7. The Morgan fingerprint density at radius 3 is 2.17 bits per heavy atom. The fourth-order valence-corrected chi connectivity index (χ4v) is 3.32. The lowest BCUT2D eigenvalue weighted by atomic mass is 10.1. The fraction of sp³-hybridized carbons (Fsp3) is 0.300. The van der Waals surface area contributed by atoms with Crippen LogP contribution in [0.1, 0.15) is 11.6 Å². The molecule has 0 radical (unpaired) electrons. The number of rotatable bonds is 3. The minimum atomic E-state index is -1.36. The molecule has 0 saturated carbocycles. The van der Waals surface area contributed by atoms with Gasteiger partial charge in [-0.1, -0.05) is 55.9 Å². The molecule has 1 heterocycles. The molecule has 1 fully saturated rings. The molecule has 0 bridgehead atoms. The molecule has 0 aromatic heterocycles. The van der Waals surface area contributed by atoms with Crippen LogP contribution in [0.2, 0.25) is 19.6 Å². The van der Waals surface area contributed by atoms with E-state index in [0.29, 0.717) is 6.04 Å². The summed E-state index contributed by atoms with van der Waals surface area (Å²) in [5.41, 5.74) is 6.06. The van der Waals surface area contributed by atoms with Crippen molar-refractivity contribution in [3.8, 4) is 17.2 Å². The first kappa shape index (κ1) is 15.7. The number of para-hydroxylation sites is 1. The monoisotopic (exact) mass is 321 g/mol. The van der Waals surface area contributed by atoms with Crippen LogP contribution in [0.5, 0.6) is 5.75 Å². The molecule has 2 nitrogen and oxygen atoms in total. The zero-order valence-corrected chi connectivity index (χ0v) is 15.2. The number of ether oxygens (including phenoxy) is 1. The molecular formula is C20H23NOSi. The van der Waals surface area contributed by atoms with Crippen molar-refractivity contribution in [3.63, 3.8) is 0 Å². The minimum Gasteiger partial charge on any atom is -0.497 e. The molecule has 0 spiro atoms. The summed E-state index contributed by atoms with van der Waals surface area (Å²) in [6, 6.07) is 19.5. The Labute approximate surface area is 140 Å². The van der Waals surface area contributed by atoms with Gasteiger partial charge in [0.05, 0.1) is 13.2 Å². The molecule has 3 heteroatoms. The molecule has 23 heavy (non-hydrogen) atoms. The Morgan fingerprint density at radius 2 is 1.61 bits per heavy atom. The van der Waals surface area contributed by atoms with Gasteiger partial charge >= 0.3 is 0 Å². The second kappa shape index (κ2) is 6.14. The highest BCUT2D eigenvalue weighted by Gasteiger charge is 2.47. The molecular weight excluding hydrogens is 298 g/mol. The summed E-state index contributed by atoms with van der Waals surface area (Å²) in [6.45, 7) is 6.87. The molecule has 1 saturated heterocycles. The Kier molecular flexibility index (Phi) is 4.19. The van der Waals surface area contributed by atoms with E-state index in [4.69, 9.17) is 4.74 Å². The maximum absolute atomic E-state index is 5.26. The van der Waals surface area contributed by atoms with E-state index in [2.05, 4.69) is 78.5 Å². The van der Waals surface area contributed by atoms with Crippen molar-refractivity contribution in [3.05, 3.63) is 60.2 Å². The van der Waals surface area contributed by atoms with Crippen LogP contribution in [0.3, 0.4) is 0 Å². The van der Waals surface area contributed by atoms with Gasteiger partial charge in [0, 0.05) is 5.69 Å². The van der Waals surface area contributed by atoms with E-state index in [9.17, 15) is 0 Å². The van der Waals surface area contributed by atoms with Gasteiger partial charge in [-0.3, -0.25) is 0 Å². The number of anilines is 1. The number of benzene rings is 2. The topological polar surface area (TPSA) is 12.2 Å². The summed E-state index contributed by atoms with van der Waals surface area (Å²) in [5, 5.41) is 0. The SMILES string of the molecule is COc1ccc([C@@H]2[C@H](C#C[Si](C)(C)C)N2c2ccccc2)cc1. The zero-order valence-electron chi connectivity index (χ0n) is 14.2. The Balaban J connectivity index is 1.90. The number of nitrogens with zero attached hydrogens (tertiary/aromatic N) is 1. The van der Waals surface area contributed by atoms with Crippen molar-refractivity contribution in [1.29, 1.82) is 0 Å². The van der Waals surface area contributed by atoms with Crippen molar-refractivity contribution in [2.24, 2.45) is 0 Å². The second-order valence-corrected chi connectivity index (χ2v) is 11.7. The van der Waals surface area contributed by atoms with Gasteiger partial charge in [-0.15, -0.1) is 5.54 Å². The Hall–Kier alpha value is -2.18. The number of hydrogen-bond acceptors (Lipinski definition) is 2. The second-order valence-electron chi connectivity index (χ2n) is 6.92. The highest BCUT2D eigenvalue weighted by molar-refractivity contribution is 6.83. The molecule has 2 aromatic carbocycles.